The summed E-state index contributed by atoms with van der Waals surface area (Å²) in [4.78, 5) is 0. The summed E-state index contributed by atoms with van der Waals surface area (Å²) < 4.78 is 23.1. The zero-order valence-electron chi connectivity index (χ0n) is 9.27. The van der Waals surface area contributed by atoms with Crippen molar-refractivity contribution in [1.29, 1.82) is 0 Å². The van der Waals surface area contributed by atoms with Crippen LogP contribution in [0.4, 0.5) is 0 Å². The van der Waals surface area contributed by atoms with Crippen LogP contribution in [0.15, 0.2) is 0 Å². The zero-order valence-corrected chi connectivity index (χ0v) is 9.27. The van der Waals surface area contributed by atoms with E-state index in [1.54, 1.807) is 0 Å². The first-order valence-electron chi connectivity index (χ1n) is 5.78. The van der Waals surface area contributed by atoms with Crippen molar-refractivity contribution in [3.8, 4) is 0 Å². The molecule has 86 valence electrons. The molecule has 0 radical (unpaired) electrons. The van der Waals surface area contributed by atoms with Gasteiger partial charge >= 0.3 is 0 Å². The minimum absolute atomic E-state index is 0.211. The molecule has 0 saturated carbocycles. The van der Waals surface area contributed by atoms with Gasteiger partial charge in [-0.05, 0) is 13.3 Å². The standard InChI is InChI=1S/C11H18O4/c1-7-5-13-11(15-8(7)2)4-3-9-6-12-10(11)14-9/h7-10H,3-6H2,1-2H3/t7?,8?,9-,10+,11?/m0/s1. The van der Waals surface area contributed by atoms with Crippen molar-refractivity contribution in [2.24, 2.45) is 5.92 Å². The second kappa shape index (κ2) is 3.42. The summed E-state index contributed by atoms with van der Waals surface area (Å²) in [6.07, 6.45) is 2.01. The first-order chi connectivity index (χ1) is 7.20. The van der Waals surface area contributed by atoms with Crippen molar-refractivity contribution in [2.75, 3.05) is 13.2 Å². The Balaban J connectivity index is 1.78. The summed E-state index contributed by atoms with van der Waals surface area (Å²) in [7, 11) is 0. The predicted molar refractivity (Wildman–Crippen MR) is 52.2 cm³/mol. The molecule has 0 N–H and O–H groups in total. The van der Waals surface area contributed by atoms with Crippen LogP contribution in [0.3, 0.4) is 0 Å². The summed E-state index contributed by atoms with van der Waals surface area (Å²) in [6, 6.07) is 0. The summed E-state index contributed by atoms with van der Waals surface area (Å²) in [5.74, 6) is -0.186. The van der Waals surface area contributed by atoms with Crippen LogP contribution in [0.25, 0.3) is 0 Å². The molecule has 0 aliphatic carbocycles. The lowest BCUT2D eigenvalue weighted by atomic mass is 9.99. The van der Waals surface area contributed by atoms with Gasteiger partial charge in [0.1, 0.15) is 0 Å². The highest BCUT2D eigenvalue weighted by molar-refractivity contribution is 4.90. The van der Waals surface area contributed by atoms with Gasteiger partial charge < -0.3 is 18.9 Å². The largest absolute Gasteiger partial charge is 0.345 e. The molecule has 0 aromatic rings. The molecule has 15 heavy (non-hydrogen) atoms. The lowest BCUT2D eigenvalue weighted by Gasteiger charge is -2.46. The smallest absolute Gasteiger partial charge is 0.220 e. The fourth-order valence-corrected chi connectivity index (χ4v) is 2.44. The Morgan fingerprint density at radius 3 is 2.87 bits per heavy atom. The lowest BCUT2D eigenvalue weighted by Crippen LogP contribution is -2.57. The molecule has 1 spiro atoms. The van der Waals surface area contributed by atoms with Crippen molar-refractivity contribution in [3.63, 3.8) is 0 Å². The van der Waals surface area contributed by atoms with Crippen LogP contribution in [-0.2, 0) is 18.9 Å². The molecule has 4 heteroatoms. The number of rotatable bonds is 0. The Kier molecular flexibility index (Phi) is 2.28. The highest BCUT2D eigenvalue weighted by atomic mass is 16.8. The average molecular weight is 214 g/mol. The first-order valence-corrected chi connectivity index (χ1v) is 5.78. The normalized spacial score (nSPS) is 54.8. The first kappa shape index (κ1) is 10.0. The Morgan fingerprint density at radius 1 is 1.20 bits per heavy atom. The molecule has 2 bridgehead atoms. The highest BCUT2D eigenvalue weighted by Gasteiger charge is 2.54. The predicted octanol–water partition coefficient (Wildman–Crippen LogP) is 1.29. The second-order valence-electron chi connectivity index (χ2n) is 4.89. The molecular formula is C11H18O4. The molecule has 4 nitrogen and oxygen atoms in total. The van der Waals surface area contributed by atoms with Crippen LogP contribution >= 0.6 is 0 Å². The summed E-state index contributed by atoms with van der Waals surface area (Å²) in [5.41, 5.74) is 0. The molecule has 3 rings (SSSR count). The van der Waals surface area contributed by atoms with Crippen LogP contribution in [-0.4, -0.2) is 37.5 Å². The molecule has 3 unspecified atom stereocenters. The third-order valence-corrected chi connectivity index (χ3v) is 3.70. The van der Waals surface area contributed by atoms with E-state index in [2.05, 4.69) is 13.8 Å². The van der Waals surface area contributed by atoms with E-state index in [0.717, 1.165) is 19.4 Å². The monoisotopic (exact) mass is 214 g/mol. The maximum Gasteiger partial charge on any atom is 0.220 e. The van der Waals surface area contributed by atoms with E-state index >= 15 is 0 Å². The Hall–Kier alpha value is -0.160. The van der Waals surface area contributed by atoms with Crippen LogP contribution < -0.4 is 0 Å². The number of ether oxygens (including phenoxy) is 4. The summed E-state index contributed by atoms with van der Waals surface area (Å²) in [5, 5.41) is 0. The van der Waals surface area contributed by atoms with E-state index in [4.69, 9.17) is 18.9 Å². The van der Waals surface area contributed by atoms with Crippen LogP contribution in [0.2, 0.25) is 0 Å². The van der Waals surface area contributed by atoms with E-state index in [1.807, 2.05) is 0 Å². The van der Waals surface area contributed by atoms with Crippen molar-refractivity contribution in [2.45, 2.75) is 51.0 Å². The molecule has 3 fully saturated rings. The molecule has 3 aliphatic rings. The van der Waals surface area contributed by atoms with E-state index in [-0.39, 0.29) is 18.5 Å². The van der Waals surface area contributed by atoms with Gasteiger partial charge in [0.2, 0.25) is 12.1 Å². The van der Waals surface area contributed by atoms with Crippen LogP contribution in [0.1, 0.15) is 26.7 Å². The van der Waals surface area contributed by atoms with Crippen LogP contribution in [0.5, 0.6) is 0 Å². The topological polar surface area (TPSA) is 36.9 Å². The number of fused-ring (bicyclic) bond motifs is 3. The van der Waals surface area contributed by atoms with Crippen molar-refractivity contribution in [3.05, 3.63) is 0 Å². The second-order valence-corrected chi connectivity index (χ2v) is 4.89. The molecule has 3 saturated heterocycles. The third-order valence-electron chi connectivity index (χ3n) is 3.70. The van der Waals surface area contributed by atoms with E-state index in [1.165, 1.54) is 0 Å². The van der Waals surface area contributed by atoms with Gasteiger partial charge in [0.25, 0.3) is 0 Å². The highest BCUT2D eigenvalue weighted by Crippen LogP contribution is 2.42. The van der Waals surface area contributed by atoms with Gasteiger partial charge in [0.05, 0.1) is 25.4 Å². The molecule has 3 heterocycles. The van der Waals surface area contributed by atoms with Gasteiger partial charge in [-0.1, -0.05) is 6.92 Å². The quantitative estimate of drug-likeness (QED) is 0.609. The maximum atomic E-state index is 5.98. The van der Waals surface area contributed by atoms with Gasteiger partial charge in [0, 0.05) is 12.3 Å². The van der Waals surface area contributed by atoms with Gasteiger partial charge in [-0.15, -0.1) is 0 Å². The lowest BCUT2D eigenvalue weighted by molar-refractivity contribution is -0.387. The van der Waals surface area contributed by atoms with E-state index < -0.39 is 5.79 Å². The molecular weight excluding hydrogens is 196 g/mol. The van der Waals surface area contributed by atoms with Crippen molar-refractivity contribution in [1.82, 2.24) is 0 Å². The number of hydrogen-bond acceptors (Lipinski definition) is 4. The Bertz CT molecular complexity index is 257. The molecule has 0 aromatic carbocycles. The number of hydrogen-bond donors (Lipinski definition) is 0. The van der Waals surface area contributed by atoms with Gasteiger partial charge in [-0.2, -0.15) is 0 Å². The minimum atomic E-state index is -0.626. The molecule has 5 atom stereocenters. The Labute approximate surface area is 89.8 Å². The van der Waals surface area contributed by atoms with Crippen LogP contribution in [0, 0.1) is 5.92 Å². The van der Waals surface area contributed by atoms with Crippen molar-refractivity contribution >= 4 is 0 Å². The van der Waals surface area contributed by atoms with Gasteiger partial charge in [-0.25, -0.2) is 0 Å². The minimum Gasteiger partial charge on any atom is -0.345 e. The maximum absolute atomic E-state index is 5.98. The molecule has 0 aromatic heterocycles. The molecule has 0 amide bonds. The fourth-order valence-electron chi connectivity index (χ4n) is 2.44. The van der Waals surface area contributed by atoms with Gasteiger partial charge in [-0.3, -0.25) is 0 Å². The summed E-state index contributed by atoms with van der Waals surface area (Å²) in [6.45, 7) is 5.65. The van der Waals surface area contributed by atoms with E-state index in [0.29, 0.717) is 12.5 Å². The van der Waals surface area contributed by atoms with E-state index in [9.17, 15) is 0 Å². The summed E-state index contributed by atoms with van der Waals surface area (Å²) >= 11 is 0. The average Bonchev–Trinajstić information content (AvgIpc) is 2.64. The SMILES string of the molecule is CC1COC2(CC[C@H]3CO[C@@H]2O3)OC1C. The Morgan fingerprint density at radius 2 is 2.07 bits per heavy atom. The zero-order chi connectivity index (χ0) is 10.5. The molecule has 3 aliphatic heterocycles. The van der Waals surface area contributed by atoms with Crippen molar-refractivity contribution < 1.29 is 18.9 Å². The van der Waals surface area contributed by atoms with Gasteiger partial charge in [0.15, 0.2) is 0 Å². The third kappa shape index (κ3) is 1.51. The fraction of sp³-hybridized carbons (Fsp3) is 1.00.